The van der Waals surface area contributed by atoms with Gasteiger partial charge in [0.2, 0.25) is 0 Å². The quantitative estimate of drug-likeness (QED) is 0.189. The van der Waals surface area contributed by atoms with Crippen molar-refractivity contribution in [3.05, 3.63) is 138 Å². The normalized spacial score (nSPS) is 27.8. The number of benzene rings is 5. The van der Waals surface area contributed by atoms with Crippen molar-refractivity contribution in [3.63, 3.8) is 0 Å². The van der Waals surface area contributed by atoms with Crippen molar-refractivity contribution in [2.75, 3.05) is 4.90 Å². The number of nitrogens with zero attached hydrogens (tertiary/aromatic N) is 1. The van der Waals surface area contributed by atoms with Gasteiger partial charge in [0.15, 0.2) is 0 Å². The number of fused-ring (bicyclic) bond motifs is 4. The van der Waals surface area contributed by atoms with Crippen molar-refractivity contribution >= 4 is 17.1 Å². The lowest BCUT2D eigenvalue weighted by Gasteiger charge is -2.61. The Morgan fingerprint density at radius 1 is 0.469 bits per heavy atom. The maximum absolute atomic E-state index is 2.55. The van der Waals surface area contributed by atoms with E-state index in [0.717, 1.165) is 23.7 Å². The van der Waals surface area contributed by atoms with Gasteiger partial charge in [0.1, 0.15) is 0 Å². The Hall–Kier alpha value is -4.10. The molecule has 0 heterocycles. The van der Waals surface area contributed by atoms with Crippen molar-refractivity contribution in [1.82, 2.24) is 0 Å². The maximum atomic E-state index is 2.55. The van der Waals surface area contributed by atoms with Gasteiger partial charge in [-0.25, -0.2) is 0 Å². The summed E-state index contributed by atoms with van der Waals surface area (Å²) in [6, 6.07) is 44.4. The fourth-order valence-corrected chi connectivity index (χ4v) is 12.1. The highest BCUT2D eigenvalue weighted by molar-refractivity contribution is 5.87. The van der Waals surface area contributed by atoms with E-state index < -0.39 is 0 Å². The largest absolute Gasteiger partial charge is 0.310 e. The molecule has 0 aromatic heterocycles. The highest BCUT2D eigenvalue weighted by Gasteiger charge is 2.61. The van der Waals surface area contributed by atoms with Crippen molar-refractivity contribution in [2.45, 2.75) is 88.9 Å². The van der Waals surface area contributed by atoms with E-state index in [0.29, 0.717) is 0 Å². The van der Waals surface area contributed by atoms with Crippen molar-refractivity contribution in [3.8, 4) is 22.3 Å². The van der Waals surface area contributed by atoms with Crippen molar-refractivity contribution in [1.29, 1.82) is 0 Å². The summed E-state index contributed by atoms with van der Waals surface area (Å²) >= 11 is 0. The first kappa shape index (κ1) is 29.8. The van der Waals surface area contributed by atoms with E-state index in [-0.39, 0.29) is 16.2 Å². The molecule has 0 radical (unpaired) electrons. The molecule has 0 amide bonds. The van der Waals surface area contributed by atoms with Crippen LogP contribution in [-0.4, -0.2) is 0 Å². The van der Waals surface area contributed by atoms with E-state index in [1.807, 2.05) is 0 Å². The van der Waals surface area contributed by atoms with Crippen LogP contribution < -0.4 is 4.90 Å². The standard InChI is InChI=1S/C48H49N/c1-46(2)23-24-47(3,4)45-39(14-10-16-44(45)46)33-17-19-37(20-18-33)49(36-11-6-5-7-12-36)38-21-22-43-41(30-38)40-13-8-9-15-42(40)48(43)34-26-31-25-32(28-34)29-35(48)27-31/h5-22,30-32,34-35H,23-29H2,1-4H3. The molecule has 4 fully saturated rings. The molecule has 5 aromatic carbocycles. The van der Waals surface area contributed by atoms with Crippen LogP contribution in [0.25, 0.3) is 22.3 Å². The minimum absolute atomic E-state index is 0.158. The van der Waals surface area contributed by atoms with E-state index in [1.165, 1.54) is 95.4 Å². The molecule has 0 N–H and O–H groups in total. The summed E-state index contributed by atoms with van der Waals surface area (Å²) in [6.45, 7) is 9.72. The summed E-state index contributed by atoms with van der Waals surface area (Å²) < 4.78 is 0. The Morgan fingerprint density at radius 2 is 1.04 bits per heavy atom. The number of rotatable bonds is 4. The summed E-state index contributed by atoms with van der Waals surface area (Å²) in [5.74, 6) is 3.49. The van der Waals surface area contributed by atoms with Gasteiger partial charge in [-0.1, -0.05) is 107 Å². The zero-order valence-corrected chi connectivity index (χ0v) is 29.7. The van der Waals surface area contributed by atoms with Crippen molar-refractivity contribution < 1.29 is 0 Å². The van der Waals surface area contributed by atoms with Gasteiger partial charge in [-0.3, -0.25) is 0 Å². The van der Waals surface area contributed by atoms with E-state index >= 15 is 0 Å². The molecular weight excluding hydrogens is 591 g/mol. The molecule has 0 saturated heterocycles. The van der Waals surface area contributed by atoms with Crippen LogP contribution in [0, 0.1) is 23.7 Å². The third kappa shape index (κ3) is 4.24. The lowest BCUT2D eigenvalue weighted by Crippen LogP contribution is -2.55. The average molecular weight is 640 g/mol. The minimum atomic E-state index is 0.158. The van der Waals surface area contributed by atoms with Gasteiger partial charge in [-0.05, 0) is 160 Å². The monoisotopic (exact) mass is 639 g/mol. The Kier molecular flexibility index (Phi) is 6.36. The predicted molar refractivity (Wildman–Crippen MR) is 205 cm³/mol. The van der Waals surface area contributed by atoms with Crippen molar-refractivity contribution in [2.24, 2.45) is 23.7 Å². The fraction of sp³-hybridized carbons (Fsp3) is 0.375. The van der Waals surface area contributed by atoms with Gasteiger partial charge in [0, 0.05) is 22.5 Å². The van der Waals surface area contributed by atoms with E-state index in [1.54, 1.807) is 11.1 Å². The molecule has 5 aromatic rings. The molecule has 6 aliphatic carbocycles. The van der Waals surface area contributed by atoms with Crippen LogP contribution >= 0.6 is 0 Å². The number of para-hydroxylation sites is 1. The number of anilines is 3. The van der Waals surface area contributed by atoms with Crippen LogP contribution in [0.2, 0.25) is 0 Å². The minimum Gasteiger partial charge on any atom is -0.310 e. The van der Waals surface area contributed by atoms with Crippen LogP contribution in [0.5, 0.6) is 0 Å². The topological polar surface area (TPSA) is 3.24 Å². The Labute approximate surface area is 293 Å². The second-order valence-electron chi connectivity index (χ2n) is 17.7. The predicted octanol–water partition coefficient (Wildman–Crippen LogP) is 12.9. The molecule has 1 nitrogen and oxygen atoms in total. The SMILES string of the molecule is CC1(C)CCC(C)(C)c2c(-c3ccc(N(c4ccccc4)c4ccc5c(c4)-c4ccccc4C54C5CC6CC(C5)CC4C6)cc3)cccc21. The molecule has 246 valence electrons. The van der Waals surface area contributed by atoms with E-state index in [2.05, 4.69) is 148 Å². The Balaban J connectivity index is 1.09. The van der Waals surface area contributed by atoms with Crippen LogP contribution in [0.3, 0.4) is 0 Å². The molecule has 49 heavy (non-hydrogen) atoms. The van der Waals surface area contributed by atoms with Gasteiger partial charge in [0.05, 0.1) is 0 Å². The molecule has 0 aliphatic heterocycles. The first-order valence-corrected chi connectivity index (χ1v) is 19.1. The number of hydrogen-bond acceptors (Lipinski definition) is 1. The van der Waals surface area contributed by atoms with E-state index in [9.17, 15) is 0 Å². The maximum Gasteiger partial charge on any atom is 0.0468 e. The highest BCUT2D eigenvalue weighted by atomic mass is 15.1. The average Bonchev–Trinajstić information content (AvgIpc) is 3.40. The molecule has 4 saturated carbocycles. The van der Waals surface area contributed by atoms with Crippen LogP contribution in [0.15, 0.2) is 115 Å². The Bertz CT molecular complexity index is 2050. The van der Waals surface area contributed by atoms with E-state index in [4.69, 9.17) is 0 Å². The zero-order valence-electron chi connectivity index (χ0n) is 29.7. The second-order valence-corrected chi connectivity index (χ2v) is 17.7. The molecule has 0 unspecified atom stereocenters. The van der Waals surface area contributed by atoms with Gasteiger partial charge >= 0.3 is 0 Å². The van der Waals surface area contributed by atoms with Crippen LogP contribution in [0.1, 0.15) is 94.9 Å². The summed E-state index contributed by atoms with van der Waals surface area (Å²) in [4.78, 5) is 2.47. The third-order valence-electron chi connectivity index (χ3n) is 14.1. The van der Waals surface area contributed by atoms with Crippen LogP contribution in [-0.2, 0) is 16.2 Å². The molecule has 1 spiro atoms. The Morgan fingerprint density at radius 3 is 1.78 bits per heavy atom. The third-order valence-corrected chi connectivity index (χ3v) is 14.1. The smallest absolute Gasteiger partial charge is 0.0468 e. The molecule has 4 bridgehead atoms. The lowest BCUT2D eigenvalue weighted by molar-refractivity contribution is -0.0399. The van der Waals surface area contributed by atoms with Gasteiger partial charge in [-0.2, -0.15) is 0 Å². The fourth-order valence-electron chi connectivity index (χ4n) is 12.1. The zero-order chi connectivity index (χ0) is 33.1. The first-order valence-electron chi connectivity index (χ1n) is 19.1. The second kappa shape index (κ2) is 10.5. The van der Waals surface area contributed by atoms with Crippen LogP contribution in [0.4, 0.5) is 17.1 Å². The van der Waals surface area contributed by atoms with Gasteiger partial charge in [-0.15, -0.1) is 0 Å². The lowest BCUT2D eigenvalue weighted by atomic mass is 9.43. The first-order chi connectivity index (χ1) is 23.7. The highest BCUT2D eigenvalue weighted by Crippen LogP contribution is 2.69. The molecule has 6 aliphatic rings. The molecule has 0 atom stereocenters. The van der Waals surface area contributed by atoms with Gasteiger partial charge in [0.25, 0.3) is 0 Å². The summed E-state index contributed by atoms with van der Waals surface area (Å²) in [7, 11) is 0. The van der Waals surface area contributed by atoms with Gasteiger partial charge < -0.3 is 4.90 Å². The summed E-state index contributed by atoms with van der Waals surface area (Å²) in [5.41, 5.74) is 16.2. The summed E-state index contributed by atoms with van der Waals surface area (Å²) in [6.07, 6.45) is 9.62. The molecule has 1 heteroatoms. The molecular formula is C48H49N. The summed E-state index contributed by atoms with van der Waals surface area (Å²) in [5, 5.41) is 0. The number of hydrogen-bond donors (Lipinski definition) is 0. The molecule has 11 rings (SSSR count).